The lowest BCUT2D eigenvalue weighted by atomic mass is 9.52. The van der Waals surface area contributed by atoms with Gasteiger partial charge in [-0.25, -0.2) is 0 Å². The molecule has 0 bridgehead atoms. The first-order chi connectivity index (χ1) is 20.5. The maximum atomic E-state index is 2.83. The van der Waals surface area contributed by atoms with Crippen molar-refractivity contribution in [3.8, 4) is 0 Å². The second-order valence-electron chi connectivity index (χ2n) is 16.2. The molecule has 0 aromatic carbocycles. The molecule has 246 valence electrons. The van der Waals surface area contributed by atoms with Crippen LogP contribution < -0.4 is 0 Å². The molecule has 3 atom stereocenters. The third-order valence-electron chi connectivity index (χ3n) is 13.0. The fourth-order valence-electron chi connectivity index (χ4n) is 9.66. The minimum Gasteiger partial charge on any atom is -0.165 e. The van der Waals surface area contributed by atoms with Gasteiger partial charge in [-0.1, -0.05) is 147 Å². The van der Waals surface area contributed by atoms with E-state index in [1.165, 1.54) is 205 Å². The van der Waals surface area contributed by atoms with Gasteiger partial charge in [0, 0.05) is 0 Å². The summed E-state index contributed by atoms with van der Waals surface area (Å²) in [5.41, 5.74) is 5.47. The van der Waals surface area contributed by atoms with Gasteiger partial charge in [-0.2, -0.15) is 11.8 Å². The molecular weight excluding hydrogens is 525 g/mol. The van der Waals surface area contributed by atoms with E-state index in [2.05, 4.69) is 38.8 Å². The van der Waals surface area contributed by atoms with Gasteiger partial charge in [-0.05, 0) is 112 Å². The summed E-state index contributed by atoms with van der Waals surface area (Å²) in [6.45, 7) is 8.03. The van der Waals surface area contributed by atoms with Crippen molar-refractivity contribution in [2.75, 3.05) is 12.0 Å². The smallest absolute Gasteiger partial charge is 0.00649 e. The summed E-state index contributed by atoms with van der Waals surface area (Å²) in [5.74, 6) is 1.35. The highest BCUT2D eigenvalue weighted by Gasteiger charge is 2.50. The summed E-state index contributed by atoms with van der Waals surface area (Å²) in [6.07, 6.45) is 47.9. The Morgan fingerprint density at radius 3 is 1.38 bits per heavy atom. The average molecular weight is 601 g/mol. The van der Waals surface area contributed by atoms with Crippen LogP contribution in [0.1, 0.15) is 220 Å². The maximum Gasteiger partial charge on any atom is -0.00649 e. The first kappa shape index (κ1) is 36.6. The minimum absolute atomic E-state index is 0.480. The van der Waals surface area contributed by atoms with Crippen LogP contribution >= 0.6 is 11.8 Å². The first-order valence-corrected chi connectivity index (χ1v) is 21.0. The Morgan fingerprint density at radius 2 is 0.905 bits per heavy atom. The van der Waals surface area contributed by atoms with Gasteiger partial charge in [0.25, 0.3) is 0 Å². The molecule has 0 amide bonds. The number of thioether (sulfide) groups is 1. The molecule has 1 heteroatoms. The second-order valence-corrected chi connectivity index (χ2v) is 17.2. The topological polar surface area (TPSA) is 0 Å². The van der Waals surface area contributed by atoms with E-state index in [4.69, 9.17) is 0 Å². The van der Waals surface area contributed by atoms with Gasteiger partial charge in [0.1, 0.15) is 0 Å². The van der Waals surface area contributed by atoms with E-state index in [1.54, 1.807) is 0 Å². The molecule has 3 aliphatic rings. The quantitative estimate of drug-likeness (QED) is 0.289. The highest BCUT2D eigenvalue weighted by atomic mass is 32.2. The summed E-state index contributed by atoms with van der Waals surface area (Å²) in [6, 6.07) is 0. The predicted octanol–water partition coefficient (Wildman–Crippen LogP) is 14.8. The number of rotatable bonds is 4. The molecule has 1 saturated carbocycles. The summed E-state index contributed by atoms with van der Waals surface area (Å²) in [5, 5.41) is 0. The summed E-state index contributed by atoms with van der Waals surface area (Å²) in [7, 11) is 0. The number of allylic oxidation sites excluding steroid dienone is 2. The lowest BCUT2D eigenvalue weighted by Gasteiger charge is -2.53. The lowest BCUT2D eigenvalue weighted by Crippen LogP contribution is -2.43. The molecule has 42 heavy (non-hydrogen) atoms. The molecule has 3 unspecified atom stereocenters. The Labute approximate surface area is 270 Å². The van der Waals surface area contributed by atoms with Gasteiger partial charge in [-0.15, -0.1) is 0 Å². The molecule has 0 radical (unpaired) electrons. The maximum absolute atomic E-state index is 2.83. The van der Waals surface area contributed by atoms with Crippen LogP contribution in [0.2, 0.25) is 0 Å². The van der Waals surface area contributed by atoms with E-state index in [9.17, 15) is 0 Å². The summed E-state index contributed by atoms with van der Waals surface area (Å²) >= 11 is 2.12. The summed E-state index contributed by atoms with van der Waals surface area (Å²) < 4.78 is 0. The molecule has 1 spiro atoms. The molecule has 0 heterocycles. The van der Waals surface area contributed by atoms with Crippen molar-refractivity contribution in [2.45, 2.75) is 220 Å². The van der Waals surface area contributed by atoms with Crippen molar-refractivity contribution >= 4 is 11.8 Å². The van der Waals surface area contributed by atoms with Crippen molar-refractivity contribution in [1.82, 2.24) is 0 Å². The third kappa shape index (κ3) is 12.1. The lowest BCUT2D eigenvalue weighted by molar-refractivity contribution is -0.0209. The van der Waals surface area contributed by atoms with Crippen LogP contribution in [-0.4, -0.2) is 12.0 Å². The van der Waals surface area contributed by atoms with Crippen LogP contribution in [0.5, 0.6) is 0 Å². The van der Waals surface area contributed by atoms with Crippen molar-refractivity contribution in [2.24, 2.45) is 16.2 Å². The number of hydrogen-bond donors (Lipinski definition) is 0. The molecule has 1 fully saturated rings. The fraction of sp³-hybridized carbons (Fsp3) is 0.951. The van der Waals surface area contributed by atoms with Crippen LogP contribution in [0.25, 0.3) is 0 Å². The largest absolute Gasteiger partial charge is 0.165 e. The Balaban J connectivity index is 1.88. The van der Waals surface area contributed by atoms with Crippen LogP contribution in [0.4, 0.5) is 0 Å². The van der Waals surface area contributed by atoms with Crippen molar-refractivity contribution in [3.05, 3.63) is 11.1 Å². The third-order valence-corrected chi connectivity index (χ3v) is 13.6. The Morgan fingerprint density at radius 1 is 0.500 bits per heavy atom. The zero-order valence-corrected chi connectivity index (χ0v) is 30.4. The van der Waals surface area contributed by atoms with Crippen LogP contribution in [0.15, 0.2) is 11.1 Å². The Bertz CT molecular complexity index is 737. The molecule has 3 rings (SSSR count). The molecule has 0 aromatic rings. The molecular formula is C41H76S. The average Bonchev–Trinajstić information content (AvgIpc) is 3.16. The second kappa shape index (κ2) is 20.3. The van der Waals surface area contributed by atoms with E-state index in [1.807, 2.05) is 11.1 Å². The molecule has 0 N–H and O–H groups in total. The van der Waals surface area contributed by atoms with Crippen molar-refractivity contribution < 1.29 is 0 Å². The molecule has 0 aliphatic heterocycles. The fourth-order valence-corrected chi connectivity index (χ4v) is 10.3. The molecule has 0 aromatic heterocycles. The van der Waals surface area contributed by atoms with Gasteiger partial charge in [-0.3, -0.25) is 0 Å². The zero-order chi connectivity index (χ0) is 30.0. The first-order valence-electron chi connectivity index (χ1n) is 19.6. The Kier molecular flexibility index (Phi) is 17.6. The predicted molar refractivity (Wildman–Crippen MR) is 193 cm³/mol. The normalized spacial score (nSPS) is 35.1. The van der Waals surface area contributed by atoms with Crippen LogP contribution in [-0.2, 0) is 0 Å². The van der Waals surface area contributed by atoms with Gasteiger partial charge >= 0.3 is 0 Å². The molecule has 0 saturated heterocycles. The van der Waals surface area contributed by atoms with Gasteiger partial charge in [0.2, 0.25) is 0 Å². The SMILES string of the molecule is CCC1(C)CCCCC2(CCCCCCCCCCCCCCCC/C3=C(/CCCCCC3)CCC2(C)CCSC)C1. The van der Waals surface area contributed by atoms with E-state index in [-0.39, 0.29) is 0 Å². The molecule has 0 nitrogen and oxygen atoms in total. The minimum atomic E-state index is 0.480. The van der Waals surface area contributed by atoms with Gasteiger partial charge < -0.3 is 0 Å². The van der Waals surface area contributed by atoms with Gasteiger partial charge in [0.05, 0.1) is 0 Å². The summed E-state index contributed by atoms with van der Waals surface area (Å²) in [4.78, 5) is 0. The highest BCUT2D eigenvalue weighted by Crippen LogP contribution is 2.61. The van der Waals surface area contributed by atoms with Crippen LogP contribution in [0.3, 0.4) is 0 Å². The van der Waals surface area contributed by atoms with Crippen LogP contribution in [0, 0.1) is 16.2 Å². The monoisotopic (exact) mass is 601 g/mol. The van der Waals surface area contributed by atoms with E-state index < -0.39 is 0 Å². The van der Waals surface area contributed by atoms with E-state index in [0.717, 1.165) is 0 Å². The highest BCUT2D eigenvalue weighted by molar-refractivity contribution is 7.98. The Hall–Kier alpha value is 0.0900. The van der Waals surface area contributed by atoms with Gasteiger partial charge in [0.15, 0.2) is 0 Å². The van der Waals surface area contributed by atoms with Crippen molar-refractivity contribution in [3.63, 3.8) is 0 Å². The molecule has 3 aliphatic carbocycles. The number of hydrogen-bond acceptors (Lipinski definition) is 1. The zero-order valence-electron chi connectivity index (χ0n) is 29.5. The van der Waals surface area contributed by atoms with E-state index in [0.29, 0.717) is 16.2 Å². The standard InChI is InChI=1S/C41H76S/c1-5-39(2)30-24-25-32-41(36-39)31-23-19-15-13-11-9-7-6-8-10-12-14-16-20-26-37-27-21-17-18-22-28-38(37)29-33-40(41,3)34-35-42-4/h5-36H2,1-4H3/b38-37+. The van der Waals surface area contributed by atoms with E-state index >= 15 is 0 Å². The van der Waals surface area contributed by atoms with Crippen molar-refractivity contribution in [1.29, 1.82) is 0 Å².